The summed E-state index contributed by atoms with van der Waals surface area (Å²) in [5.74, 6) is 1.27. The zero-order valence-electron chi connectivity index (χ0n) is 17.9. The van der Waals surface area contributed by atoms with Crippen molar-refractivity contribution in [2.75, 3.05) is 20.8 Å². The highest BCUT2D eigenvalue weighted by Crippen LogP contribution is 2.35. The molecule has 1 aliphatic rings. The Labute approximate surface area is 181 Å². The molecule has 2 atom stereocenters. The summed E-state index contributed by atoms with van der Waals surface area (Å²) in [4.78, 5) is 16.1. The number of nitrogens with one attached hydrogen (secondary N) is 1. The molecule has 0 spiro atoms. The third-order valence-electron chi connectivity index (χ3n) is 5.08. The highest BCUT2D eigenvalue weighted by molar-refractivity contribution is 8.00. The molecule has 30 heavy (non-hydrogen) atoms. The number of amides is 1. The van der Waals surface area contributed by atoms with E-state index in [9.17, 15) is 9.18 Å². The van der Waals surface area contributed by atoms with Crippen LogP contribution in [0.3, 0.4) is 0 Å². The van der Waals surface area contributed by atoms with Gasteiger partial charge in [-0.15, -0.1) is 11.8 Å². The van der Waals surface area contributed by atoms with E-state index in [2.05, 4.69) is 10.2 Å². The second-order valence-corrected chi connectivity index (χ2v) is 9.09. The van der Waals surface area contributed by atoms with Gasteiger partial charge in [0.05, 0.1) is 20.3 Å². The van der Waals surface area contributed by atoms with Crippen molar-refractivity contribution in [2.24, 2.45) is 0 Å². The van der Waals surface area contributed by atoms with Crippen LogP contribution in [0.25, 0.3) is 0 Å². The van der Waals surface area contributed by atoms with Crippen molar-refractivity contribution in [1.82, 2.24) is 10.2 Å². The van der Waals surface area contributed by atoms with Gasteiger partial charge in [-0.1, -0.05) is 6.07 Å². The molecule has 7 heteroatoms. The Kier molecular flexibility index (Phi) is 7.61. The van der Waals surface area contributed by atoms with Crippen molar-refractivity contribution in [3.63, 3.8) is 0 Å². The van der Waals surface area contributed by atoms with Gasteiger partial charge in [-0.3, -0.25) is 9.69 Å². The van der Waals surface area contributed by atoms with E-state index in [1.165, 1.54) is 12.1 Å². The number of thioether (sulfide) groups is 1. The maximum absolute atomic E-state index is 13.2. The van der Waals surface area contributed by atoms with Crippen LogP contribution >= 0.6 is 11.8 Å². The fourth-order valence-corrected chi connectivity index (χ4v) is 4.90. The molecule has 2 aromatic carbocycles. The third kappa shape index (κ3) is 5.67. The predicted molar refractivity (Wildman–Crippen MR) is 118 cm³/mol. The quantitative estimate of drug-likeness (QED) is 0.681. The third-order valence-corrected chi connectivity index (χ3v) is 6.30. The van der Waals surface area contributed by atoms with Crippen molar-refractivity contribution in [1.29, 1.82) is 0 Å². The summed E-state index contributed by atoms with van der Waals surface area (Å²) in [6.07, 6.45) is 0.735. The topological polar surface area (TPSA) is 50.8 Å². The number of nitrogens with zero attached hydrogens (tertiary/aromatic N) is 1. The first-order valence-corrected chi connectivity index (χ1v) is 10.9. The molecule has 5 nitrogen and oxygen atoms in total. The van der Waals surface area contributed by atoms with E-state index in [-0.39, 0.29) is 29.1 Å². The van der Waals surface area contributed by atoms with Crippen molar-refractivity contribution in [2.45, 2.75) is 49.0 Å². The van der Waals surface area contributed by atoms with Gasteiger partial charge in [-0.25, -0.2) is 4.39 Å². The molecule has 1 amide bonds. The van der Waals surface area contributed by atoms with E-state index in [4.69, 9.17) is 9.47 Å². The zero-order valence-corrected chi connectivity index (χ0v) is 18.7. The van der Waals surface area contributed by atoms with Gasteiger partial charge in [0, 0.05) is 40.9 Å². The standard InChI is InChI=1S/C23H29FN2O3S/c1-15(2)25-23(27)21-12-20(30-19-9-6-17(24)7-10-19)14-26(21)13-16-5-8-18(28-3)11-22(16)29-4/h5-11,15,20-21H,12-14H2,1-4H3,(H,25,27)/t20-,21+/m1/s1. The van der Waals surface area contributed by atoms with Crippen LogP contribution in [0.1, 0.15) is 25.8 Å². The number of hydrogen-bond acceptors (Lipinski definition) is 5. The Morgan fingerprint density at radius 2 is 1.93 bits per heavy atom. The Hall–Kier alpha value is -2.25. The number of carbonyl (C=O) groups is 1. The minimum atomic E-state index is -0.242. The van der Waals surface area contributed by atoms with E-state index in [1.807, 2.05) is 32.0 Å². The van der Waals surface area contributed by atoms with E-state index in [0.717, 1.165) is 34.9 Å². The maximum atomic E-state index is 13.2. The van der Waals surface area contributed by atoms with E-state index < -0.39 is 0 Å². The fraction of sp³-hybridized carbons (Fsp3) is 0.435. The van der Waals surface area contributed by atoms with Crippen LogP contribution < -0.4 is 14.8 Å². The van der Waals surface area contributed by atoms with Gasteiger partial charge in [0.2, 0.25) is 5.91 Å². The molecule has 0 aromatic heterocycles. The number of halogens is 1. The number of ether oxygens (including phenoxy) is 2. The lowest BCUT2D eigenvalue weighted by atomic mass is 10.1. The van der Waals surface area contributed by atoms with Gasteiger partial charge in [-0.05, 0) is 50.6 Å². The number of likely N-dealkylation sites (tertiary alicyclic amines) is 1. The highest BCUT2D eigenvalue weighted by Gasteiger charge is 2.37. The van der Waals surface area contributed by atoms with Crippen LogP contribution in [0.15, 0.2) is 47.4 Å². The molecule has 0 aliphatic carbocycles. The van der Waals surface area contributed by atoms with Gasteiger partial charge in [0.1, 0.15) is 17.3 Å². The number of rotatable bonds is 8. The Morgan fingerprint density at radius 3 is 2.57 bits per heavy atom. The van der Waals surface area contributed by atoms with Crippen LogP contribution in [0, 0.1) is 5.82 Å². The molecule has 0 radical (unpaired) electrons. The van der Waals surface area contributed by atoms with Gasteiger partial charge in [0.25, 0.3) is 0 Å². The summed E-state index contributed by atoms with van der Waals surface area (Å²) in [7, 11) is 3.26. The average Bonchev–Trinajstić information content (AvgIpc) is 3.12. The first-order valence-electron chi connectivity index (χ1n) is 10.1. The van der Waals surface area contributed by atoms with Crippen LogP contribution in [-0.4, -0.2) is 48.9 Å². The van der Waals surface area contributed by atoms with E-state index in [0.29, 0.717) is 6.54 Å². The van der Waals surface area contributed by atoms with Gasteiger partial charge < -0.3 is 14.8 Å². The molecule has 1 aliphatic heterocycles. The van der Waals surface area contributed by atoms with Crippen LogP contribution in [0.2, 0.25) is 0 Å². The van der Waals surface area contributed by atoms with Crippen molar-refractivity contribution in [3.05, 3.63) is 53.8 Å². The largest absolute Gasteiger partial charge is 0.497 e. The molecule has 1 fully saturated rings. The summed E-state index contributed by atoms with van der Waals surface area (Å²) < 4.78 is 24.1. The monoisotopic (exact) mass is 432 g/mol. The molecule has 3 rings (SSSR count). The molecule has 0 saturated carbocycles. The number of carbonyl (C=O) groups excluding carboxylic acids is 1. The molecule has 162 valence electrons. The van der Waals surface area contributed by atoms with Gasteiger partial charge in [0.15, 0.2) is 0 Å². The maximum Gasteiger partial charge on any atom is 0.237 e. The fourth-order valence-electron chi connectivity index (χ4n) is 3.68. The average molecular weight is 433 g/mol. The minimum absolute atomic E-state index is 0.0414. The SMILES string of the molecule is COc1ccc(CN2C[C@H](Sc3ccc(F)cc3)C[C@H]2C(=O)NC(C)C)c(OC)c1. The first kappa shape index (κ1) is 22.4. The normalized spacial score (nSPS) is 19.1. The van der Waals surface area contributed by atoms with Gasteiger partial charge in [-0.2, -0.15) is 0 Å². The van der Waals surface area contributed by atoms with Crippen molar-refractivity contribution >= 4 is 17.7 Å². The minimum Gasteiger partial charge on any atom is -0.497 e. The lowest BCUT2D eigenvalue weighted by Gasteiger charge is -2.25. The first-order chi connectivity index (χ1) is 14.4. The molecule has 2 aromatic rings. The Morgan fingerprint density at radius 1 is 1.20 bits per heavy atom. The van der Waals surface area contributed by atoms with Gasteiger partial charge >= 0.3 is 0 Å². The molecule has 0 unspecified atom stereocenters. The molecular formula is C23H29FN2O3S. The second kappa shape index (κ2) is 10.2. The van der Waals surface area contributed by atoms with Crippen molar-refractivity contribution in [3.8, 4) is 11.5 Å². The lowest BCUT2D eigenvalue weighted by molar-refractivity contribution is -0.126. The summed E-state index contributed by atoms with van der Waals surface area (Å²) in [6.45, 7) is 5.29. The second-order valence-electron chi connectivity index (χ2n) is 7.72. The molecule has 1 saturated heterocycles. The summed E-state index contributed by atoms with van der Waals surface area (Å²) in [5, 5.41) is 3.29. The smallest absolute Gasteiger partial charge is 0.237 e. The summed E-state index contributed by atoms with van der Waals surface area (Å²) in [5.41, 5.74) is 1.01. The number of hydrogen-bond donors (Lipinski definition) is 1. The molecule has 1 N–H and O–H groups in total. The molecule has 1 heterocycles. The Bertz CT molecular complexity index is 860. The Balaban J connectivity index is 1.78. The molecular weight excluding hydrogens is 403 g/mol. The van der Waals surface area contributed by atoms with E-state index in [1.54, 1.807) is 38.1 Å². The van der Waals surface area contributed by atoms with Crippen molar-refractivity contribution < 1.29 is 18.7 Å². The highest BCUT2D eigenvalue weighted by atomic mass is 32.2. The van der Waals surface area contributed by atoms with Crippen LogP contribution in [0.4, 0.5) is 4.39 Å². The van der Waals surface area contributed by atoms with Crippen LogP contribution in [-0.2, 0) is 11.3 Å². The zero-order chi connectivity index (χ0) is 21.7. The summed E-state index contributed by atoms with van der Waals surface area (Å²) in [6, 6.07) is 12.1. The number of benzene rings is 2. The van der Waals surface area contributed by atoms with Crippen LogP contribution in [0.5, 0.6) is 11.5 Å². The lowest BCUT2D eigenvalue weighted by Crippen LogP contribution is -2.45. The summed E-state index contributed by atoms with van der Waals surface area (Å²) >= 11 is 1.69. The number of methoxy groups -OCH3 is 2. The van der Waals surface area contributed by atoms with E-state index >= 15 is 0 Å². The molecule has 0 bridgehead atoms. The predicted octanol–water partition coefficient (Wildman–Crippen LogP) is 4.10.